The van der Waals surface area contributed by atoms with E-state index in [0.717, 1.165) is 36.2 Å². The largest absolute Gasteiger partial charge is 0.497 e. The van der Waals surface area contributed by atoms with E-state index in [0.29, 0.717) is 36.1 Å². The Kier molecular flexibility index (Phi) is 8.48. The average molecular weight is 514 g/mol. The molecule has 192 valence electrons. The summed E-state index contributed by atoms with van der Waals surface area (Å²) in [4.78, 5) is 27.9. The molecule has 0 bridgehead atoms. The monoisotopic (exact) mass is 513 g/mol. The minimum Gasteiger partial charge on any atom is -0.497 e. The molecule has 36 heavy (non-hydrogen) atoms. The molecular formula is C27H32ClN3O5. The number of ether oxygens (including phenoxy) is 3. The summed E-state index contributed by atoms with van der Waals surface area (Å²) in [5, 5.41) is 6.88. The van der Waals surface area contributed by atoms with E-state index in [1.165, 1.54) is 5.01 Å². The van der Waals surface area contributed by atoms with Gasteiger partial charge in [-0.2, -0.15) is 5.10 Å². The number of likely N-dealkylation sites (tertiary alicyclic amines) is 1. The Balaban J connectivity index is 1.61. The predicted octanol–water partition coefficient (Wildman–Crippen LogP) is 4.31. The van der Waals surface area contributed by atoms with Crippen LogP contribution in [0, 0.1) is 5.92 Å². The van der Waals surface area contributed by atoms with Crippen LogP contribution in [0.1, 0.15) is 43.4 Å². The van der Waals surface area contributed by atoms with Crippen LogP contribution in [0.25, 0.3) is 0 Å². The summed E-state index contributed by atoms with van der Waals surface area (Å²) in [7, 11) is 3.19. The van der Waals surface area contributed by atoms with Crippen molar-refractivity contribution in [1.29, 1.82) is 0 Å². The summed E-state index contributed by atoms with van der Waals surface area (Å²) in [5.41, 5.74) is 2.37. The molecule has 0 radical (unpaired) electrons. The van der Waals surface area contributed by atoms with Crippen LogP contribution >= 0.6 is 11.6 Å². The molecule has 2 atom stereocenters. The number of amides is 1. The number of nitrogens with zero attached hydrogens (tertiary/aromatic N) is 3. The second-order valence-corrected chi connectivity index (χ2v) is 9.33. The maximum absolute atomic E-state index is 13.6. The third-order valence-corrected chi connectivity index (χ3v) is 6.96. The van der Waals surface area contributed by atoms with Crippen LogP contribution in [0.2, 0.25) is 5.02 Å². The van der Waals surface area contributed by atoms with Crippen LogP contribution in [-0.4, -0.2) is 68.0 Å². The van der Waals surface area contributed by atoms with E-state index in [1.807, 2.05) is 41.3 Å². The minimum atomic E-state index is -0.365. The minimum absolute atomic E-state index is 0.149. The topological polar surface area (TPSA) is 80.7 Å². The SMILES string of the molecule is CCOC(=O)[C@H]1CCCN(CC(=O)N2N=C(c3ccccc3Cl)C[C@H]2c2ccc(OC)cc2OC)C1. The summed E-state index contributed by atoms with van der Waals surface area (Å²) in [5.74, 6) is 0.718. The standard InChI is InChI=1S/C27H32ClN3O5/c1-4-36-27(33)18-8-7-13-30(16-18)17-26(32)31-24(21-12-11-19(34-2)14-25(21)35-3)15-23(29-31)20-9-5-6-10-22(20)28/h5-6,9-12,14,18,24H,4,7-8,13,15-17H2,1-3H3/t18-,24-/m0/s1. The van der Waals surface area contributed by atoms with E-state index in [2.05, 4.69) is 0 Å². The van der Waals surface area contributed by atoms with E-state index in [4.69, 9.17) is 30.9 Å². The fraction of sp³-hybridized carbons (Fsp3) is 0.444. The lowest BCUT2D eigenvalue weighted by Crippen LogP contribution is -2.44. The number of esters is 1. The number of hydrogen-bond acceptors (Lipinski definition) is 7. The van der Waals surface area contributed by atoms with Crippen LogP contribution in [0.5, 0.6) is 11.5 Å². The summed E-state index contributed by atoms with van der Waals surface area (Å²) < 4.78 is 16.2. The van der Waals surface area contributed by atoms with Gasteiger partial charge in [-0.1, -0.05) is 29.8 Å². The molecule has 9 heteroatoms. The normalized spacial score (nSPS) is 20.1. The zero-order valence-corrected chi connectivity index (χ0v) is 21.7. The smallest absolute Gasteiger partial charge is 0.310 e. The molecule has 1 amide bonds. The Labute approximate surface area is 216 Å². The van der Waals surface area contributed by atoms with Crippen molar-refractivity contribution in [2.75, 3.05) is 40.5 Å². The summed E-state index contributed by atoms with van der Waals surface area (Å²) in [6.45, 7) is 3.55. The third-order valence-electron chi connectivity index (χ3n) is 6.63. The molecule has 8 nitrogen and oxygen atoms in total. The lowest BCUT2D eigenvalue weighted by molar-refractivity contribution is -0.150. The first-order chi connectivity index (χ1) is 17.4. The molecule has 1 fully saturated rings. The Morgan fingerprint density at radius 1 is 1.14 bits per heavy atom. The number of benzene rings is 2. The number of hydrazone groups is 1. The van der Waals surface area contributed by atoms with Crippen LogP contribution in [0.15, 0.2) is 47.6 Å². The van der Waals surface area contributed by atoms with Crippen molar-refractivity contribution in [3.8, 4) is 11.5 Å². The zero-order valence-electron chi connectivity index (χ0n) is 20.9. The predicted molar refractivity (Wildman–Crippen MR) is 138 cm³/mol. The maximum atomic E-state index is 13.6. The first-order valence-electron chi connectivity index (χ1n) is 12.2. The summed E-state index contributed by atoms with van der Waals surface area (Å²) in [6, 6.07) is 12.7. The van der Waals surface area contributed by atoms with Gasteiger partial charge in [0.2, 0.25) is 0 Å². The van der Waals surface area contributed by atoms with Crippen LogP contribution in [-0.2, 0) is 14.3 Å². The quantitative estimate of drug-likeness (QED) is 0.489. The molecule has 0 unspecified atom stereocenters. The number of carbonyl (C=O) groups is 2. The second-order valence-electron chi connectivity index (χ2n) is 8.92. The van der Waals surface area contributed by atoms with Gasteiger partial charge in [0.15, 0.2) is 0 Å². The molecule has 0 aromatic heterocycles. The van der Waals surface area contributed by atoms with E-state index in [1.54, 1.807) is 27.2 Å². The highest BCUT2D eigenvalue weighted by molar-refractivity contribution is 6.34. The summed E-state index contributed by atoms with van der Waals surface area (Å²) >= 11 is 6.47. The Morgan fingerprint density at radius 2 is 1.94 bits per heavy atom. The van der Waals surface area contributed by atoms with Crippen LogP contribution in [0.3, 0.4) is 0 Å². The molecule has 0 N–H and O–H groups in total. The first kappa shape index (κ1) is 26.0. The molecular weight excluding hydrogens is 482 g/mol. The molecule has 2 heterocycles. The number of carbonyl (C=O) groups excluding carboxylic acids is 2. The van der Waals surface area contributed by atoms with Gasteiger partial charge in [-0.15, -0.1) is 0 Å². The van der Waals surface area contributed by atoms with Crippen molar-refractivity contribution in [3.63, 3.8) is 0 Å². The van der Waals surface area contributed by atoms with Crippen LogP contribution in [0.4, 0.5) is 0 Å². The Morgan fingerprint density at radius 3 is 2.67 bits per heavy atom. The van der Waals surface area contributed by atoms with E-state index < -0.39 is 0 Å². The van der Waals surface area contributed by atoms with Gasteiger partial charge in [-0.3, -0.25) is 14.5 Å². The molecule has 2 aliphatic heterocycles. The van der Waals surface area contributed by atoms with Crippen LogP contribution < -0.4 is 9.47 Å². The van der Waals surface area contributed by atoms with Gasteiger partial charge in [0, 0.05) is 35.2 Å². The van der Waals surface area contributed by atoms with E-state index in [9.17, 15) is 9.59 Å². The van der Waals surface area contributed by atoms with Gasteiger partial charge >= 0.3 is 5.97 Å². The third kappa shape index (κ3) is 5.65. The lowest BCUT2D eigenvalue weighted by atomic mass is 9.97. The Bertz CT molecular complexity index is 1140. The fourth-order valence-electron chi connectivity index (χ4n) is 4.85. The molecule has 1 saturated heterocycles. The number of halogens is 1. The van der Waals surface area contributed by atoms with Crippen molar-refractivity contribution in [1.82, 2.24) is 9.91 Å². The summed E-state index contributed by atoms with van der Waals surface area (Å²) in [6.07, 6.45) is 2.10. The highest BCUT2D eigenvalue weighted by Gasteiger charge is 2.37. The molecule has 4 rings (SSSR count). The maximum Gasteiger partial charge on any atom is 0.310 e. The lowest BCUT2D eigenvalue weighted by Gasteiger charge is -2.32. The van der Waals surface area contributed by atoms with Gasteiger partial charge < -0.3 is 14.2 Å². The highest BCUT2D eigenvalue weighted by atomic mass is 35.5. The fourth-order valence-corrected chi connectivity index (χ4v) is 5.09. The van der Waals surface area contributed by atoms with Gasteiger partial charge in [-0.25, -0.2) is 5.01 Å². The first-order valence-corrected chi connectivity index (χ1v) is 12.6. The van der Waals surface area contributed by atoms with E-state index in [-0.39, 0.29) is 30.4 Å². The van der Waals surface area contributed by atoms with E-state index >= 15 is 0 Å². The van der Waals surface area contributed by atoms with Gasteiger partial charge in [0.05, 0.1) is 45.0 Å². The highest BCUT2D eigenvalue weighted by Crippen LogP contribution is 2.40. The molecule has 0 spiro atoms. The van der Waals surface area contributed by atoms with Gasteiger partial charge in [0.25, 0.3) is 5.91 Å². The number of methoxy groups -OCH3 is 2. The second kappa shape index (κ2) is 11.8. The number of rotatable bonds is 8. The van der Waals surface area contributed by atoms with Crippen molar-refractivity contribution >= 4 is 29.2 Å². The van der Waals surface area contributed by atoms with Crippen molar-refractivity contribution in [2.24, 2.45) is 11.0 Å². The molecule has 0 saturated carbocycles. The molecule has 2 aromatic carbocycles. The van der Waals surface area contributed by atoms with Gasteiger partial charge in [-0.05, 0) is 44.5 Å². The van der Waals surface area contributed by atoms with Gasteiger partial charge in [0.1, 0.15) is 11.5 Å². The van der Waals surface area contributed by atoms with Crippen molar-refractivity contribution in [2.45, 2.75) is 32.2 Å². The van der Waals surface area contributed by atoms with Crippen molar-refractivity contribution in [3.05, 3.63) is 58.6 Å². The average Bonchev–Trinajstić information content (AvgIpc) is 3.34. The molecule has 0 aliphatic carbocycles. The molecule has 2 aliphatic rings. The molecule has 2 aromatic rings. The number of piperidine rings is 1. The van der Waals surface area contributed by atoms with Crippen molar-refractivity contribution < 1.29 is 23.8 Å². The zero-order chi connectivity index (χ0) is 25.7. The Hall–Kier alpha value is -3.10. The number of hydrogen-bond donors (Lipinski definition) is 0.